The van der Waals surface area contributed by atoms with E-state index in [2.05, 4.69) is 23.2 Å². The molecule has 1 aromatic heterocycles. The molecule has 106 valence electrons. The summed E-state index contributed by atoms with van der Waals surface area (Å²) in [5.74, 6) is 0.109. The van der Waals surface area contributed by atoms with Crippen molar-refractivity contribution in [2.45, 2.75) is 20.3 Å². The Morgan fingerprint density at radius 2 is 2.00 bits per heavy atom. The number of carbonyl (C=O) groups excluding carboxylic acids is 1. The lowest BCUT2D eigenvalue weighted by Crippen LogP contribution is -2.04. The molecule has 3 heteroatoms. The summed E-state index contributed by atoms with van der Waals surface area (Å²) in [6.45, 7) is 4.08. The van der Waals surface area contributed by atoms with Gasteiger partial charge in [0.05, 0.1) is 10.5 Å². The Labute approximate surface area is 128 Å². The standard InChI is InChI=1S/C18H16ClNO/c1-11-6-7-12(2)13(8-11)9-17(21)15-10-20-18-14(15)4-3-5-16(18)19/h3-8,10,20H,9H2,1-2H3. The molecule has 0 bridgehead atoms. The van der Waals surface area contributed by atoms with E-state index in [1.54, 1.807) is 6.20 Å². The number of benzene rings is 2. The Balaban J connectivity index is 1.98. The summed E-state index contributed by atoms with van der Waals surface area (Å²) < 4.78 is 0. The van der Waals surface area contributed by atoms with Crippen molar-refractivity contribution in [3.8, 4) is 0 Å². The van der Waals surface area contributed by atoms with Crippen molar-refractivity contribution in [1.82, 2.24) is 4.98 Å². The Kier molecular flexibility index (Phi) is 3.56. The largest absolute Gasteiger partial charge is 0.359 e. The van der Waals surface area contributed by atoms with Gasteiger partial charge >= 0.3 is 0 Å². The molecule has 0 aliphatic heterocycles. The van der Waals surface area contributed by atoms with Crippen molar-refractivity contribution in [3.63, 3.8) is 0 Å². The van der Waals surface area contributed by atoms with Crippen LogP contribution in [0, 0.1) is 13.8 Å². The first-order chi connectivity index (χ1) is 10.1. The molecule has 2 aromatic carbocycles. The van der Waals surface area contributed by atoms with Gasteiger partial charge in [0.1, 0.15) is 0 Å². The third kappa shape index (κ3) is 2.59. The van der Waals surface area contributed by atoms with Gasteiger partial charge in [-0.1, -0.05) is 47.5 Å². The third-order valence-corrected chi connectivity index (χ3v) is 4.14. The summed E-state index contributed by atoms with van der Waals surface area (Å²) in [4.78, 5) is 15.7. The van der Waals surface area contributed by atoms with E-state index in [1.807, 2.05) is 32.0 Å². The number of nitrogens with one attached hydrogen (secondary N) is 1. The number of para-hydroxylation sites is 1. The maximum absolute atomic E-state index is 12.6. The van der Waals surface area contributed by atoms with E-state index in [9.17, 15) is 4.79 Å². The van der Waals surface area contributed by atoms with Crippen LogP contribution in [0.15, 0.2) is 42.6 Å². The normalized spacial score (nSPS) is 11.0. The summed E-state index contributed by atoms with van der Waals surface area (Å²) in [6.07, 6.45) is 2.16. The van der Waals surface area contributed by atoms with Gasteiger partial charge in [-0.25, -0.2) is 0 Å². The number of ketones is 1. The molecule has 0 spiro atoms. The molecule has 0 radical (unpaired) electrons. The molecule has 0 unspecified atom stereocenters. The van der Waals surface area contributed by atoms with Crippen molar-refractivity contribution in [3.05, 3.63) is 69.9 Å². The molecule has 3 aromatic rings. The summed E-state index contributed by atoms with van der Waals surface area (Å²) in [6, 6.07) is 11.8. The molecule has 0 saturated carbocycles. The highest BCUT2D eigenvalue weighted by atomic mass is 35.5. The maximum Gasteiger partial charge on any atom is 0.169 e. The SMILES string of the molecule is Cc1ccc(C)c(CC(=O)c2c[nH]c3c(Cl)cccc23)c1. The lowest BCUT2D eigenvalue weighted by Gasteiger charge is -2.06. The predicted octanol–water partition coefficient (Wildman–Crippen LogP) is 4.86. The van der Waals surface area contributed by atoms with E-state index in [-0.39, 0.29) is 5.78 Å². The van der Waals surface area contributed by atoms with Crippen LogP contribution in [0.1, 0.15) is 27.0 Å². The maximum atomic E-state index is 12.6. The monoisotopic (exact) mass is 297 g/mol. The van der Waals surface area contributed by atoms with Gasteiger partial charge in [0.2, 0.25) is 0 Å². The third-order valence-electron chi connectivity index (χ3n) is 3.82. The molecular weight excluding hydrogens is 282 g/mol. The van der Waals surface area contributed by atoms with Crippen LogP contribution in [0.4, 0.5) is 0 Å². The van der Waals surface area contributed by atoms with Crippen LogP contribution < -0.4 is 0 Å². The Morgan fingerprint density at radius 1 is 1.19 bits per heavy atom. The van der Waals surface area contributed by atoms with Gasteiger partial charge in [0.15, 0.2) is 5.78 Å². The van der Waals surface area contributed by atoms with Crippen LogP contribution in [0.3, 0.4) is 0 Å². The van der Waals surface area contributed by atoms with Crippen LogP contribution in [-0.4, -0.2) is 10.8 Å². The molecule has 21 heavy (non-hydrogen) atoms. The average molecular weight is 298 g/mol. The Bertz CT molecular complexity index is 832. The first kappa shape index (κ1) is 13.9. The van der Waals surface area contributed by atoms with Gasteiger partial charge < -0.3 is 4.98 Å². The fourth-order valence-electron chi connectivity index (χ4n) is 2.61. The van der Waals surface area contributed by atoms with E-state index >= 15 is 0 Å². The lowest BCUT2D eigenvalue weighted by atomic mass is 9.97. The molecule has 3 rings (SSSR count). The second-order valence-corrected chi connectivity index (χ2v) is 5.80. The molecule has 1 heterocycles. The summed E-state index contributed by atoms with van der Waals surface area (Å²) in [5, 5.41) is 1.52. The number of carbonyl (C=O) groups is 1. The molecular formula is C18H16ClNO. The highest BCUT2D eigenvalue weighted by Gasteiger charge is 2.14. The molecule has 0 fully saturated rings. The number of aryl methyl sites for hydroxylation is 2. The second-order valence-electron chi connectivity index (χ2n) is 5.39. The summed E-state index contributed by atoms with van der Waals surface area (Å²) in [5.41, 5.74) is 4.92. The van der Waals surface area contributed by atoms with Crippen LogP contribution in [-0.2, 0) is 6.42 Å². The predicted molar refractivity (Wildman–Crippen MR) is 87.3 cm³/mol. The Morgan fingerprint density at radius 3 is 2.81 bits per heavy atom. The van der Waals surface area contributed by atoms with Gasteiger partial charge in [-0.3, -0.25) is 4.79 Å². The van der Waals surface area contributed by atoms with Gasteiger partial charge in [-0.2, -0.15) is 0 Å². The number of fused-ring (bicyclic) bond motifs is 1. The fourth-order valence-corrected chi connectivity index (χ4v) is 2.84. The lowest BCUT2D eigenvalue weighted by molar-refractivity contribution is 0.0994. The second kappa shape index (κ2) is 5.38. The number of hydrogen-bond acceptors (Lipinski definition) is 1. The number of aromatic amines is 1. The number of halogens is 1. The van der Waals surface area contributed by atoms with Crippen molar-refractivity contribution < 1.29 is 4.79 Å². The summed E-state index contributed by atoms with van der Waals surface area (Å²) in [7, 11) is 0. The van der Waals surface area contributed by atoms with E-state index < -0.39 is 0 Å². The van der Waals surface area contributed by atoms with E-state index in [1.165, 1.54) is 5.56 Å². The molecule has 0 aliphatic carbocycles. The van der Waals surface area contributed by atoms with Gasteiger partial charge in [-0.05, 0) is 31.0 Å². The topological polar surface area (TPSA) is 32.9 Å². The molecule has 0 aliphatic rings. The van der Waals surface area contributed by atoms with Crippen molar-refractivity contribution in [2.24, 2.45) is 0 Å². The van der Waals surface area contributed by atoms with Gasteiger partial charge in [-0.15, -0.1) is 0 Å². The number of hydrogen-bond donors (Lipinski definition) is 1. The fraction of sp³-hybridized carbons (Fsp3) is 0.167. The molecule has 2 nitrogen and oxygen atoms in total. The van der Waals surface area contributed by atoms with Crippen LogP contribution >= 0.6 is 11.6 Å². The van der Waals surface area contributed by atoms with Gasteiger partial charge in [0, 0.05) is 23.6 Å². The average Bonchev–Trinajstić information content (AvgIpc) is 2.88. The smallest absolute Gasteiger partial charge is 0.169 e. The molecule has 0 amide bonds. The van der Waals surface area contributed by atoms with E-state index in [0.717, 1.165) is 22.0 Å². The first-order valence-corrected chi connectivity index (χ1v) is 7.29. The van der Waals surface area contributed by atoms with Crippen LogP contribution in [0.25, 0.3) is 10.9 Å². The van der Waals surface area contributed by atoms with E-state index in [0.29, 0.717) is 17.0 Å². The van der Waals surface area contributed by atoms with Crippen molar-refractivity contribution in [2.75, 3.05) is 0 Å². The Hall–Kier alpha value is -2.06. The summed E-state index contributed by atoms with van der Waals surface area (Å²) >= 11 is 6.14. The zero-order valence-corrected chi connectivity index (χ0v) is 12.8. The molecule has 0 atom stereocenters. The molecule has 0 saturated heterocycles. The first-order valence-electron chi connectivity index (χ1n) is 6.91. The number of rotatable bonds is 3. The van der Waals surface area contributed by atoms with Crippen molar-refractivity contribution >= 4 is 28.3 Å². The minimum atomic E-state index is 0.109. The zero-order valence-electron chi connectivity index (χ0n) is 12.0. The van der Waals surface area contributed by atoms with E-state index in [4.69, 9.17) is 11.6 Å². The minimum Gasteiger partial charge on any atom is -0.359 e. The number of aromatic nitrogens is 1. The van der Waals surface area contributed by atoms with Crippen LogP contribution in [0.5, 0.6) is 0 Å². The number of H-pyrrole nitrogens is 1. The molecule has 1 N–H and O–H groups in total. The van der Waals surface area contributed by atoms with Crippen molar-refractivity contribution in [1.29, 1.82) is 0 Å². The minimum absolute atomic E-state index is 0.109. The van der Waals surface area contributed by atoms with Gasteiger partial charge in [0.25, 0.3) is 0 Å². The van der Waals surface area contributed by atoms with Crippen LogP contribution in [0.2, 0.25) is 5.02 Å². The highest BCUT2D eigenvalue weighted by Crippen LogP contribution is 2.26. The zero-order chi connectivity index (χ0) is 15.0. The highest BCUT2D eigenvalue weighted by molar-refractivity contribution is 6.35. The quantitative estimate of drug-likeness (QED) is 0.688. The number of Topliss-reactive ketones (excluding diaryl/α,β-unsaturated/α-hetero) is 1.